The summed E-state index contributed by atoms with van der Waals surface area (Å²) in [5.41, 5.74) is 6.31. The Morgan fingerprint density at radius 1 is 1.53 bits per heavy atom. The number of thiazole rings is 1. The molecule has 0 saturated heterocycles. The molecular formula is C13H16FN3OS. The topological polar surface area (TPSA) is 60.2 Å². The number of benzene rings is 1. The Bertz CT molecular complexity index is 545. The summed E-state index contributed by atoms with van der Waals surface area (Å²) >= 11 is 1.54. The molecule has 3 N–H and O–H groups in total. The van der Waals surface area contributed by atoms with Crippen LogP contribution in [0.25, 0.3) is 0 Å². The summed E-state index contributed by atoms with van der Waals surface area (Å²) in [7, 11) is 1.51. The van der Waals surface area contributed by atoms with Crippen LogP contribution in [0.15, 0.2) is 23.7 Å². The molecule has 0 fully saturated rings. The van der Waals surface area contributed by atoms with Crippen LogP contribution in [0.3, 0.4) is 0 Å². The number of aromatic nitrogens is 1. The van der Waals surface area contributed by atoms with Gasteiger partial charge in [0, 0.05) is 23.7 Å². The average molecular weight is 281 g/mol. The van der Waals surface area contributed by atoms with Crippen molar-refractivity contribution in [1.29, 1.82) is 0 Å². The summed E-state index contributed by atoms with van der Waals surface area (Å²) < 4.78 is 19.0. The van der Waals surface area contributed by atoms with Crippen LogP contribution in [-0.2, 0) is 0 Å². The third-order valence-corrected chi connectivity index (χ3v) is 3.70. The number of anilines is 2. The molecule has 0 radical (unpaired) electrons. The lowest BCUT2D eigenvalue weighted by atomic mass is 10.2. The van der Waals surface area contributed by atoms with Crippen LogP contribution in [0.1, 0.15) is 24.4 Å². The van der Waals surface area contributed by atoms with Crippen molar-refractivity contribution < 1.29 is 9.13 Å². The number of halogens is 1. The smallest absolute Gasteiger partial charge is 0.148 e. The lowest BCUT2D eigenvalue weighted by Crippen LogP contribution is -2.11. The molecule has 0 spiro atoms. The molecule has 19 heavy (non-hydrogen) atoms. The van der Waals surface area contributed by atoms with Gasteiger partial charge in [0.05, 0.1) is 24.5 Å². The Kier molecular flexibility index (Phi) is 4.21. The second kappa shape index (κ2) is 5.88. The minimum absolute atomic E-state index is 0.0252. The van der Waals surface area contributed by atoms with Crippen molar-refractivity contribution in [2.45, 2.75) is 19.4 Å². The molecule has 0 aliphatic heterocycles. The third kappa shape index (κ3) is 2.96. The predicted molar refractivity (Wildman–Crippen MR) is 76.1 cm³/mol. The minimum Gasteiger partial charge on any atom is -0.495 e. The van der Waals surface area contributed by atoms with E-state index in [1.54, 1.807) is 23.6 Å². The van der Waals surface area contributed by atoms with E-state index in [1.165, 1.54) is 13.2 Å². The zero-order chi connectivity index (χ0) is 13.8. The zero-order valence-corrected chi connectivity index (χ0v) is 11.6. The van der Waals surface area contributed by atoms with E-state index in [2.05, 4.69) is 10.3 Å². The highest BCUT2D eigenvalue weighted by Gasteiger charge is 2.15. The maximum atomic E-state index is 13.9. The van der Waals surface area contributed by atoms with Gasteiger partial charge in [-0.05, 0) is 6.42 Å². The van der Waals surface area contributed by atoms with E-state index in [-0.39, 0.29) is 11.7 Å². The number of nitrogens with two attached hydrogens (primary N) is 1. The first kappa shape index (κ1) is 13.6. The molecule has 0 saturated carbocycles. The van der Waals surface area contributed by atoms with Crippen molar-refractivity contribution in [2.24, 2.45) is 0 Å². The molecule has 1 atom stereocenters. The quantitative estimate of drug-likeness (QED) is 0.824. The van der Waals surface area contributed by atoms with E-state index in [0.717, 1.165) is 11.4 Å². The highest BCUT2D eigenvalue weighted by atomic mass is 32.1. The van der Waals surface area contributed by atoms with Crippen LogP contribution in [0.5, 0.6) is 5.75 Å². The Morgan fingerprint density at radius 3 is 2.89 bits per heavy atom. The highest BCUT2D eigenvalue weighted by molar-refractivity contribution is 7.09. The van der Waals surface area contributed by atoms with E-state index in [9.17, 15) is 4.39 Å². The molecule has 0 aliphatic carbocycles. The highest BCUT2D eigenvalue weighted by Crippen LogP contribution is 2.31. The van der Waals surface area contributed by atoms with Crippen molar-refractivity contribution >= 4 is 22.7 Å². The SMILES string of the molecule is CCC(Nc1cc(OC)c(N)cc1F)c1nccs1. The normalized spacial score (nSPS) is 12.2. The lowest BCUT2D eigenvalue weighted by Gasteiger charge is -2.17. The van der Waals surface area contributed by atoms with Crippen molar-refractivity contribution in [2.75, 3.05) is 18.2 Å². The summed E-state index contributed by atoms with van der Waals surface area (Å²) in [5.74, 6) is 0.0613. The van der Waals surface area contributed by atoms with Crippen LogP contribution in [-0.4, -0.2) is 12.1 Å². The monoisotopic (exact) mass is 281 g/mol. The van der Waals surface area contributed by atoms with Crippen molar-refractivity contribution in [3.63, 3.8) is 0 Å². The van der Waals surface area contributed by atoms with Crippen molar-refractivity contribution in [3.8, 4) is 5.75 Å². The molecular weight excluding hydrogens is 265 g/mol. The van der Waals surface area contributed by atoms with Gasteiger partial charge in [-0.2, -0.15) is 0 Å². The first-order valence-corrected chi connectivity index (χ1v) is 6.82. The summed E-state index contributed by atoms with van der Waals surface area (Å²) in [6, 6.07) is 2.80. The van der Waals surface area contributed by atoms with Gasteiger partial charge in [-0.3, -0.25) is 0 Å². The second-order valence-corrected chi connectivity index (χ2v) is 4.98. The van der Waals surface area contributed by atoms with Gasteiger partial charge in [0.2, 0.25) is 0 Å². The molecule has 102 valence electrons. The van der Waals surface area contributed by atoms with Crippen LogP contribution in [0, 0.1) is 5.82 Å². The second-order valence-electron chi connectivity index (χ2n) is 4.05. The molecule has 6 heteroatoms. The molecule has 0 aliphatic rings. The van der Waals surface area contributed by atoms with Gasteiger partial charge in [-0.25, -0.2) is 9.37 Å². The van der Waals surface area contributed by atoms with E-state index >= 15 is 0 Å². The molecule has 0 bridgehead atoms. The summed E-state index contributed by atoms with van der Waals surface area (Å²) in [6.45, 7) is 2.02. The Balaban J connectivity index is 2.27. The maximum absolute atomic E-state index is 13.9. The fourth-order valence-electron chi connectivity index (χ4n) is 1.79. The first-order valence-electron chi connectivity index (χ1n) is 5.94. The van der Waals surface area contributed by atoms with E-state index in [4.69, 9.17) is 10.5 Å². The number of nitrogens with one attached hydrogen (secondary N) is 1. The van der Waals surface area contributed by atoms with Gasteiger partial charge in [-0.15, -0.1) is 11.3 Å². The summed E-state index contributed by atoms with van der Waals surface area (Å²) in [4.78, 5) is 4.25. The standard InChI is InChI=1S/C13H16FN3OS/c1-3-10(13-16-4-5-19-13)17-11-7-12(18-2)9(15)6-8(11)14/h4-7,10,17H,3,15H2,1-2H3. The molecule has 0 amide bonds. The van der Waals surface area contributed by atoms with Gasteiger partial charge < -0.3 is 15.8 Å². The van der Waals surface area contributed by atoms with Gasteiger partial charge in [0.1, 0.15) is 16.6 Å². The molecule has 1 aromatic carbocycles. The van der Waals surface area contributed by atoms with Crippen LogP contribution in [0.4, 0.5) is 15.8 Å². The largest absolute Gasteiger partial charge is 0.495 e. The van der Waals surface area contributed by atoms with Crippen LogP contribution in [0.2, 0.25) is 0 Å². The molecule has 1 aromatic heterocycles. The molecule has 1 unspecified atom stereocenters. The predicted octanol–water partition coefficient (Wildman–Crippen LogP) is 3.44. The lowest BCUT2D eigenvalue weighted by molar-refractivity contribution is 0.416. The van der Waals surface area contributed by atoms with Crippen LogP contribution < -0.4 is 15.8 Å². The number of rotatable bonds is 5. The maximum Gasteiger partial charge on any atom is 0.148 e. The van der Waals surface area contributed by atoms with Gasteiger partial charge in [0.15, 0.2) is 0 Å². The Morgan fingerprint density at radius 2 is 2.32 bits per heavy atom. The third-order valence-electron chi connectivity index (χ3n) is 2.81. The van der Waals surface area contributed by atoms with Crippen molar-refractivity contribution in [3.05, 3.63) is 34.5 Å². The number of hydrogen-bond donors (Lipinski definition) is 2. The number of nitrogen functional groups attached to an aromatic ring is 1. The van der Waals surface area contributed by atoms with E-state index in [1.807, 2.05) is 12.3 Å². The Labute approximate surface area is 115 Å². The summed E-state index contributed by atoms with van der Waals surface area (Å²) in [6.07, 6.45) is 2.55. The molecule has 2 rings (SSSR count). The fourth-order valence-corrected chi connectivity index (χ4v) is 2.56. The summed E-state index contributed by atoms with van der Waals surface area (Å²) in [5, 5.41) is 5.97. The van der Waals surface area contributed by atoms with Gasteiger partial charge in [-0.1, -0.05) is 6.92 Å². The number of nitrogens with zero attached hydrogens (tertiary/aromatic N) is 1. The first-order chi connectivity index (χ1) is 9.15. The number of ether oxygens (including phenoxy) is 1. The number of hydrogen-bond acceptors (Lipinski definition) is 5. The van der Waals surface area contributed by atoms with E-state index < -0.39 is 5.82 Å². The zero-order valence-electron chi connectivity index (χ0n) is 10.8. The number of methoxy groups -OCH3 is 1. The average Bonchev–Trinajstić information content (AvgIpc) is 2.92. The molecule has 4 nitrogen and oxygen atoms in total. The molecule has 2 aromatic rings. The van der Waals surface area contributed by atoms with Gasteiger partial charge in [0.25, 0.3) is 0 Å². The van der Waals surface area contributed by atoms with Gasteiger partial charge >= 0.3 is 0 Å². The minimum atomic E-state index is -0.395. The fraction of sp³-hybridized carbons (Fsp3) is 0.308. The van der Waals surface area contributed by atoms with Crippen molar-refractivity contribution in [1.82, 2.24) is 4.98 Å². The van der Waals surface area contributed by atoms with Crippen LogP contribution >= 0.6 is 11.3 Å². The molecule has 1 heterocycles. The Hall–Kier alpha value is -1.82. The van der Waals surface area contributed by atoms with E-state index in [0.29, 0.717) is 11.4 Å².